The second-order valence-corrected chi connectivity index (χ2v) is 9.45. The molecule has 3 rings (SSSR count). The first-order chi connectivity index (χ1) is 14.5. The molecule has 2 aromatic rings. The normalized spacial score (nSPS) is 15.2. The molecule has 0 saturated heterocycles. The summed E-state index contributed by atoms with van der Waals surface area (Å²) in [6.07, 6.45) is 2.47. The van der Waals surface area contributed by atoms with Crippen molar-refractivity contribution in [2.45, 2.75) is 36.2 Å². The Labute approximate surface area is 177 Å². The third-order valence-electron chi connectivity index (χ3n) is 4.59. The number of nitrogens with zero attached hydrogens (tertiary/aromatic N) is 2. The van der Waals surface area contributed by atoms with Crippen molar-refractivity contribution in [2.24, 2.45) is 0 Å². The largest absolute Gasteiger partial charge is 0.336 e. The van der Waals surface area contributed by atoms with Gasteiger partial charge in [-0.25, -0.2) is 40.1 Å². The van der Waals surface area contributed by atoms with E-state index in [1.54, 1.807) is 0 Å². The van der Waals surface area contributed by atoms with Gasteiger partial charge in [0.05, 0.1) is 23.1 Å². The van der Waals surface area contributed by atoms with E-state index in [9.17, 15) is 30.8 Å². The Kier molecular flexibility index (Phi) is 6.05. The molecule has 0 atom stereocenters. The van der Waals surface area contributed by atoms with E-state index in [4.69, 9.17) is 17.2 Å². The number of sulfonamides is 1. The van der Waals surface area contributed by atoms with Gasteiger partial charge in [-0.3, -0.25) is 15.4 Å². The third-order valence-corrected chi connectivity index (χ3v) is 6.96. The van der Waals surface area contributed by atoms with E-state index in [-0.39, 0.29) is 42.2 Å². The van der Waals surface area contributed by atoms with Crippen LogP contribution in [0, 0.1) is 29.0 Å². The molecule has 1 aromatic carbocycles. The fourth-order valence-electron chi connectivity index (χ4n) is 2.85. The van der Waals surface area contributed by atoms with Crippen molar-refractivity contribution >= 4 is 43.0 Å². The number of imidazole rings is 1. The van der Waals surface area contributed by atoms with Crippen molar-refractivity contribution in [2.75, 3.05) is 6.67 Å². The van der Waals surface area contributed by atoms with Crippen molar-refractivity contribution in [3.05, 3.63) is 28.4 Å². The average molecular weight is 477 g/mol. The standard InChI is InChI=1S/C17H15F4N5O3S2/c1-2-5-25-10-6-9(19)12(31(28,29)24-17(8-18)3-4-17)7-11(10)26(16(25)27)15(23)30-14(22)13(20)21/h1,6-7,13,22-24H,3-5,8H2. The van der Waals surface area contributed by atoms with E-state index in [2.05, 4.69) is 10.6 Å². The molecule has 1 heterocycles. The predicted octanol–water partition coefficient (Wildman–Crippen LogP) is 2.11. The molecular weight excluding hydrogens is 462 g/mol. The Morgan fingerprint density at radius 2 is 1.97 bits per heavy atom. The van der Waals surface area contributed by atoms with E-state index in [0.29, 0.717) is 10.6 Å². The summed E-state index contributed by atoms with van der Waals surface area (Å²) >= 11 is -0.0314. The highest BCUT2D eigenvalue weighted by molar-refractivity contribution is 8.26. The molecule has 3 N–H and O–H groups in total. The van der Waals surface area contributed by atoms with E-state index >= 15 is 0 Å². The molecule has 0 radical (unpaired) electrons. The maximum absolute atomic E-state index is 14.7. The quantitative estimate of drug-likeness (QED) is 0.255. The zero-order chi connectivity index (χ0) is 23.1. The summed E-state index contributed by atoms with van der Waals surface area (Å²) < 4.78 is 82.0. The number of fused-ring (bicyclic) bond motifs is 1. The molecule has 0 unspecified atom stereocenters. The van der Waals surface area contributed by atoms with Crippen LogP contribution < -0.4 is 10.4 Å². The van der Waals surface area contributed by atoms with Crippen molar-refractivity contribution < 1.29 is 26.0 Å². The molecule has 14 heteroatoms. The van der Waals surface area contributed by atoms with Gasteiger partial charge in [-0.2, -0.15) is 0 Å². The summed E-state index contributed by atoms with van der Waals surface area (Å²) in [5.74, 6) is 0.902. The van der Waals surface area contributed by atoms with Gasteiger partial charge in [0.15, 0.2) is 5.17 Å². The highest BCUT2D eigenvalue weighted by Gasteiger charge is 2.47. The molecule has 8 nitrogen and oxygen atoms in total. The fourth-order valence-corrected chi connectivity index (χ4v) is 4.93. The number of aromatic nitrogens is 2. The van der Waals surface area contributed by atoms with Crippen LogP contribution in [-0.4, -0.2) is 46.4 Å². The summed E-state index contributed by atoms with van der Waals surface area (Å²) in [5, 5.41) is 13.1. The van der Waals surface area contributed by atoms with Crippen LogP contribution in [0.2, 0.25) is 0 Å². The molecule has 1 fully saturated rings. The highest BCUT2D eigenvalue weighted by Crippen LogP contribution is 2.37. The van der Waals surface area contributed by atoms with Gasteiger partial charge in [-0.15, -0.1) is 6.42 Å². The SMILES string of the molecule is C#CCn1c(=O)n(C(=N)SC(=N)C(F)F)c2cc(S(=O)(=O)NC3(CF)CC3)c(F)cc21. The van der Waals surface area contributed by atoms with Crippen molar-refractivity contribution in [3.8, 4) is 12.3 Å². The number of nitrogens with one attached hydrogen (secondary N) is 3. The summed E-state index contributed by atoms with van der Waals surface area (Å²) in [7, 11) is -4.55. The lowest BCUT2D eigenvalue weighted by Gasteiger charge is -2.14. The summed E-state index contributed by atoms with van der Waals surface area (Å²) in [6, 6.07) is 1.46. The van der Waals surface area contributed by atoms with E-state index in [1.807, 2.05) is 0 Å². The van der Waals surface area contributed by atoms with Crippen LogP contribution in [0.3, 0.4) is 0 Å². The van der Waals surface area contributed by atoms with Crippen LogP contribution in [0.1, 0.15) is 12.8 Å². The topological polar surface area (TPSA) is 121 Å². The molecule has 31 heavy (non-hydrogen) atoms. The first-order valence-electron chi connectivity index (χ1n) is 8.58. The van der Waals surface area contributed by atoms with Gasteiger partial charge in [-0.05, 0) is 30.7 Å². The Hall–Kier alpha value is -2.63. The molecular formula is C17H15F4N5O3S2. The molecule has 1 aliphatic carbocycles. The predicted molar refractivity (Wildman–Crippen MR) is 108 cm³/mol. The van der Waals surface area contributed by atoms with Gasteiger partial charge in [0.2, 0.25) is 10.0 Å². The number of thioether (sulfide) groups is 1. The van der Waals surface area contributed by atoms with E-state index in [0.717, 1.165) is 10.6 Å². The number of halogens is 4. The summed E-state index contributed by atoms with van der Waals surface area (Å²) in [5.41, 5.74) is -2.80. The minimum absolute atomic E-state index is 0.0314. The number of rotatable bonds is 6. The highest BCUT2D eigenvalue weighted by atomic mass is 32.2. The maximum Gasteiger partial charge on any atom is 0.336 e. The minimum atomic E-state index is -4.55. The number of terminal acetylenes is 1. The van der Waals surface area contributed by atoms with Gasteiger partial charge in [-0.1, -0.05) is 5.92 Å². The second-order valence-electron chi connectivity index (χ2n) is 6.77. The first kappa shape index (κ1) is 23.0. The number of hydrogen-bond donors (Lipinski definition) is 3. The van der Waals surface area contributed by atoms with Crippen LogP contribution in [-0.2, 0) is 16.6 Å². The minimum Gasteiger partial charge on any atom is -0.293 e. The molecule has 1 aromatic heterocycles. The van der Waals surface area contributed by atoms with Crippen LogP contribution in [0.5, 0.6) is 0 Å². The number of benzene rings is 1. The maximum atomic E-state index is 14.7. The van der Waals surface area contributed by atoms with Crippen LogP contribution in [0.4, 0.5) is 17.6 Å². The first-order valence-corrected chi connectivity index (χ1v) is 10.9. The zero-order valence-corrected chi connectivity index (χ0v) is 17.2. The molecule has 0 amide bonds. The average Bonchev–Trinajstić information content (AvgIpc) is 3.40. The Balaban J connectivity index is 2.20. The lowest BCUT2D eigenvalue weighted by Crippen LogP contribution is -2.38. The zero-order valence-electron chi connectivity index (χ0n) is 15.6. The van der Waals surface area contributed by atoms with Crippen molar-refractivity contribution in [3.63, 3.8) is 0 Å². The van der Waals surface area contributed by atoms with Gasteiger partial charge in [0.25, 0.3) is 6.43 Å². The number of alkyl halides is 3. The van der Waals surface area contributed by atoms with Crippen LogP contribution >= 0.6 is 11.8 Å². The second kappa shape index (κ2) is 8.13. The number of hydrogen-bond acceptors (Lipinski definition) is 6. The van der Waals surface area contributed by atoms with Gasteiger partial charge >= 0.3 is 5.69 Å². The lowest BCUT2D eigenvalue weighted by molar-refractivity contribution is 0.228. The molecule has 0 spiro atoms. The molecule has 1 aliphatic rings. The van der Waals surface area contributed by atoms with Gasteiger partial charge in [0.1, 0.15) is 22.4 Å². The van der Waals surface area contributed by atoms with E-state index < -0.39 is 55.3 Å². The summed E-state index contributed by atoms with van der Waals surface area (Å²) in [6.45, 7) is -1.36. The van der Waals surface area contributed by atoms with Crippen LogP contribution in [0.25, 0.3) is 11.0 Å². The van der Waals surface area contributed by atoms with E-state index in [1.165, 1.54) is 0 Å². The Morgan fingerprint density at radius 3 is 2.48 bits per heavy atom. The van der Waals surface area contributed by atoms with Crippen LogP contribution in [0.15, 0.2) is 21.8 Å². The van der Waals surface area contributed by atoms with Gasteiger partial charge < -0.3 is 0 Å². The third kappa shape index (κ3) is 4.25. The Bertz CT molecular complexity index is 1290. The Morgan fingerprint density at radius 1 is 1.32 bits per heavy atom. The monoisotopic (exact) mass is 477 g/mol. The lowest BCUT2D eigenvalue weighted by atomic mass is 10.3. The molecule has 0 bridgehead atoms. The fraction of sp³-hybridized carbons (Fsp3) is 0.353. The molecule has 166 valence electrons. The van der Waals surface area contributed by atoms with Crippen molar-refractivity contribution in [1.29, 1.82) is 10.8 Å². The summed E-state index contributed by atoms with van der Waals surface area (Å²) in [4.78, 5) is 11.8. The van der Waals surface area contributed by atoms with Gasteiger partial charge in [0, 0.05) is 6.07 Å². The van der Waals surface area contributed by atoms with Crippen molar-refractivity contribution in [1.82, 2.24) is 13.9 Å². The molecule has 1 saturated carbocycles. The smallest absolute Gasteiger partial charge is 0.293 e. The molecule has 0 aliphatic heterocycles.